The molecule has 1 aliphatic rings. The monoisotopic (exact) mass is 164 g/mol. The van der Waals surface area contributed by atoms with Crippen LogP contribution in [0, 0.1) is 5.82 Å². The van der Waals surface area contributed by atoms with E-state index < -0.39 is 0 Å². The van der Waals surface area contributed by atoms with Gasteiger partial charge < -0.3 is 5.73 Å². The van der Waals surface area contributed by atoms with Crippen LogP contribution in [-0.2, 0) is 6.42 Å². The lowest BCUT2D eigenvalue weighted by molar-refractivity contribution is 0.625. The molecule has 1 aliphatic heterocycles. The zero-order chi connectivity index (χ0) is 8.55. The maximum absolute atomic E-state index is 12.7. The molecule has 0 spiro atoms. The molecule has 0 atom stereocenters. The van der Waals surface area contributed by atoms with Crippen LogP contribution >= 0.6 is 0 Å². The van der Waals surface area contributed by atoms with Crippen LogP contribution in [0.2, 0.25) is 0 Å². The van der Waals surface area contributed by atoms with Gasteiger partial charge in [0.1, 0.15) is 5.82 Å². The first-order valence-corrected chi connectivity index (χ1v) is 3.87. The summed E-state index contributed by atoms with van der Waals surface area (Å²) in [5.74, 6) is 0.429. The van der Waals surface area contributed by atoms with Crippen molar-refractivity contribution < 1.29 is 4.39 Å². The number of nitrogens with two attached hydrogens (primary N) is 1. The number of aryl methyl sites for hydroxylation is 1. The minimum atomic E-state index is -0.204. The van der Waals surface area contributed by atoms with Gasteiger partial charge in [-0.05, 0) is 30.2 Å². The fourth-order valence-corrected chi connectivity index (χ4v) is 1.34. The van der Waals surface area contributed by atoms with E-state index in [0.29, 0.717) is 5.84 Å². The Hall–Kier alpha value is -1.38. The minimum absolute atomic E-state index is 0.204. The topological polar surface area (TPSA) is 38.4 Å². The number of hydrogen-bond acceptors (Lipinski definition) is 2. The maximum atomic E-state index is 12.7. The molecule has 12 heavy (non-hydrogen) atoms. The van der Waals surface area contributed by atoms with Crippen molar-refractivity contribution in [3.05, 3.63) is 29.6 Å². The lowest BCUT2D eigenvalue weighted by Crippen LogP contribution is -2.15. The van der Waals surface area contributed by atoms with Crippen LogP contribution in [0.5, 0.6) is 0 Å². The third-order valence-corrected chi connectivity index (χ3v) is 1.96. The molecular weight excluding hydrogens is 155 g/mol. The van der Waals surface area contributed by atoms with Gasteiger partial charge in [-0.2, -0.15) is 0 Å². The largest absolute Gasteiger partial charge is 0.387 e. The second kappa shape index (κ2) is 2.59. The highest BCUT2D eigenvalue weighted by molar-refractivity contribution is 5.85. The lowest BCUT2D eigenvalue weighted by atomic mass is 10.0. The zero-order valence-electron chi connectivity index (χ0n) is 6.55. The van der Waals surface area contributed by atoms with Gasteiger partial charge in [0.25, 0.3) is 0 Å². The van der Waals surface area contributed by atoms with E-state index in [4.69, 9.17) is 5.73 Å². The first-order chi connectivity index (χ1) is 5.75. The summed E-state index contributed by atoms with van der Waals surface area (Å²) in [6, 6.07) is 4.59. The summed E-state index contributed by atoms with van der Waals surface area (Å²) in [4.78, 5) is 4.11. The van der Waals surface area contributed by atoms with Crippen LogP contribution in [0.15, 0.2) is 23.2 Å². The molecule has 1 aromatic rings. The van der Waals surface area contributed by atoms with Crippen LogP contribution in [0.1, 0.15) is 12.0 Å². The lowest BCUT2D eigenvalue weighted by Gasteiger charge is -2.11. The van der Waals surface area contributed by atoms with E-state index in [1.165, 1.54) is 12.1 Å². The van der Waals surface area contributed by atoms with Crippen molar-refractivity contribution in [3.8, 4) is 0 Å². The highest BCUT2D eigenvalue weighted by Gasteiger charge is 2.09. The summed E-state index contributed by atoms with van der Waals surface area (Å²) >= 11 is 0. The second-order valence-electron chi connectivity index (χ2n) is 2.88. The van der Waals surface area contributed by atoms with Gasteiger partial charge in [-0.1, -0.05) is 0 Å². The highest BCUT2D eigenvalue weighted by atomic mass is 19.1. The van der Waals surface area contributed by atoms with Gasteiger partial charge >= 0.3 is 0 Å². The molecule has 0 fully saturated rings. The van der Waals surface area contributed by atoms with Crippen molar-refractivity contribution in [1.29, 1.82) is 0 Å². The van der Waals surface area contributed by atoms with E-state index in [1.54, 1.807) is 6.07 Å². The van der Waals surface area contributed by atoms with Gasteiger partial charge in [-0.15, -0.1) is 0 Å². The van der Waals surface area contributed by atoms with Gasteiger partial charge in [0.2, 0.25) is 0 Å². The van der Waals surface area contributed by atoms with Gasteiger partial charge in [-0.3, -0.25) is 0 Å². The van der Waals surface area contributed by atoms with Crippen molar-refractivity contribution in [2.75, 3.05) is 0 Å². The molecule has 0 bridgehead atoms. The van der Waals surface area contributed by atoms with Crippen molar-refractivity contribution in [2.24, 2.45) is 10.7 Å². The third kappa shape index (κ3) is 1.18. The Labute approximate surface area is 69.9 Å². The Balaban J connectivity index is 2.51. The predicted molar refractivity (Wildman–Crippen MR) is 46.0 cm³/mol. The van der Waals surface area contributed by atoms with Gasteiger partial charge in [0, 0.05) is 6.42 Å². The SMILES string of the molecule is NC1=Nc2ccc(F)cc2CC1. The number of aliphatic imine (C=N–C) groups is 1. The standard InChI is InChI=1S/C9H9FN2/c10-7-2-3-8-6(5-7)1-4-9(11)12-8/h2-3,5H,1,4H2,(H2,11,12). The molecule has 1 aromatic carbocycles. The van der Waals surface area contributed by atoms with Crippen molar-refractivity contribution in [2.45, 2.75) is 12.8 Å². The van der Waals surface area contributed by atoms with Crippen LogP contribution in [-0.4, -0.2) is 5.84 Å². The Morgan fingerprint density at radius 3 is 3.00 bits per heavy atom. The fourth-order valence-electron chi connectivity index (χ4n) is 1.34. The number of rotatable bonds is 0. The van der Waals surface area contributed by atoms with Crippen molar-refractivity contribution in [3.63, 3.8) is 0 Å². The van der Waals surface area contributed by atoms with Crippen molar-refractivity contribution >= 4 is 11.5 Å². The smallest absolute Gasteiger partial charge is 0.123 e. The van der Waals surface area contributed by atoms with Gasteiger partial charge in [0.05, 0.1) is 11.5 Å². The van der Waals surface area contributed by atoms with Gasteiger partial charge in [-0.25, -0.2) is 9.38 Å². The minimum Gasteiger partial charge on any atom is -0.387 e. The molecule has 0 radical (unpaired) electrons. The number of hydrogen-bond donors (Lipinski definition) is 1. The van der Waals surface area contributed by atoms with Crippen LogP contribution in [0.25, 0.3) is 0 Å². The number of fused-ring (bicyclic) bond motifs is 1. The second-order valence-corrected chi connectivity index (χ2v) is 2.88. The molecule has 0 saturated heterocycles. The average Bonchev–Trinajstić information content (AvgIpc) is 2.05. The quantitative estimate of drug-likeness (QED) is 0.623. The predicted octanol–water partition coefficient (Wildman–Crippen LogP) is 1.76. The number of nitrogens with zero attached hydrogens (tertiary/aromatic N) is 1. The molecule has 1 heterocycles. The molecule has 3 heteroatoms. The zero-order valence-corrected chi connectivity index (χ0v) is 6.55. The molecule has 0 aromatic heterocycles. The number of amidine groups is 1. The molecule has 0 aliphatic carbocycles. The highest BCUT2D eigenvalue weighted by Crippen LogP contribution is 2.25. The first kappa shape index (κ1) is 7.28. The number of benzene rings is 1. The Bertz CT molecular complexity index is 344. The molecule has 2 rings (SSSR count). The molecular formula is C9H9FN2. The summed E-state index contributed by atoms with van der Waals surface area (Å²) in [6.07, 6.45) is 1.53. The summed E-state index contributed by atoms with van der Waals surface area (Å²) < 4.78 is 12.7. The maximum Gasteiger partial charge on any atom is 0.123 e. The Kier molecular flexibility index (Phi) is 1.57. The molecule has 62 valence electrons. The molecule has 0 unspecified atom stereocenters. The molecule has 2 nitrogen and oxygen atoms in total. The van der Waals surface area contributed by atoms with E-state index in [9.17, 15) is 4.39 Å². The summed E-state index contributed by atoms with van der Waals surface area (Å²) in [5, 5.41) is 0. The van der Waals surface area contributed by atoms with E-state index in [2.05, 4.69) is 4.99 Å². The third-order valence-electron chi connectivity index (χ3n) is 1.96. The molecule has 0 saturated carbocycles. The summed E-state index contributed by atoms with van der Waals surface area (Å²) in [6.45, 7) is 0. The van der Waals surface area contributed by atoms with E-state index in [0.717, 1.165) is 24.1 Å². The average molecular weight is 164 g/mol. The van der Waals surface area contributed by atoms with Crippen molar-refractivity contribution in [1.82, 2.24) is 0 Å². The van der Waals surface area contributed by atoms with E-state index >= 15 is 0 Å². The van der Waals surface area contributed by atoms with Crippen LogP contribution in [0.3, 0.4) is 0 Å². The first-order valence-electron chi connectivity index (χ1n) is 3.87. The normalized spacial score (nSPS) is 15.2. The van der Waals surface area contributed by atoms with Gasteiger partial charge in [0.15, 0.2) is 0 Å². The van der Waals surface area contributed by atoms with E-state index in [1.807, 2.05) is 0 Å². The summed E-state index contributed by atoms with van der Waals surface area (Å²) in [7, 11) is 0. The molecule has 0 amide bonds. The van der Waals surface area contributed by atoms with E-state index in [-0.39, 0.29) is 5.82 Å². The Morgan fingerprint density at radius 1 is 1.33 bits per heavy atom. The molecule has 2 N–H and O–H groups in total. The fraction of sp³-hybridized carbons (Fsp3) is 0.222. The number of halogens is 1. The van der Waals surface area contributed by atoms with Crippen LogP contribution in [0.4, 0.5) is 10.1 Å². The summed E-state index contributed by atoms with van der Waals surface area (Å²) in [5.41, 5.74) is 7.30. The Morgan fingerprint density at radius 2 is 2.17 bits per heavy atom. The van der Waals surface area contributed by atoms with Crippen LogP contribution < -0.4 is 5.73 Å².